The lowest BCUT2D eigenvalue weighted by Gasteiger charge is -2.26. The first kappa shape index (κ1) is 20.7. The molecule has 0 spiro atoms. The Hall–Kier alpha value is -4.15. The smallest absolute Gasteiger partial charge is 0.280 e. The quantitative estimate of drug-likeness (QED) is 0.413. The van der Waals surface area contributed by atoms with Gasteiger partial charge in [-0.25, -0.2) is 4.98 Å². The Bertz CT molecular complexity index is 1410. The number of carbonyl (C=O) groups excluding carboxylic acids is 1. The Labute approximate surface area is 189 Å². The molecule has 5 rings (SSSR count). The molecule has 0 bridgehead atoms. The third-order valence-corrected chi connectivity index (χ3v) is 5.78. The minimum absolute atomic E-state index is 0.200. The molecule has 0 aromatic carbocycles. The lowest BCUT2D eigenvalue weighted by Crippen LogP contribution is -2.39. The fraction of sp³-hybridized carbons (Fsp3) is 0.318. The maximum absolute atomic E-state index is 13.2. The molecule has 4 aromatic heterocycles. The zero-order chi connectivity index (χ0) is 23.1. The van der Waals surface area contributed by atoms with Crippen LogP contribution in [-0.4, -0.2) is 47.9 Å². The number of hydrogen-bond acceptors (Lipinski definition) is 7. The second-order valence-electron chi connectivity index (χ2n) is 8.25. The first-order valence-corrected chi connectivity index (χ1v) is 10.8. The second kappa shape index (κ2) is 8.08. The molecule has 170 valence electrons. The molecule has 1 amide bonds. The van der Waals surface area contributed by atoms with Crippen LogP contribution in [0.5, 0.6) is 0 Å². The molecule has 1 aliphatic carbocycles. The van der Waals surface area contributed by atoms with Crippen molar-refractivity contribution in [2.24, 2.45) is 7.05 Å². The number of nitrogens with one attached hydrogen (secondary N) is 3. The summed E-state index contributed by atoms with van der Waals surface area (Å²) >= 11 is 0. The van der Waals surface area contributed by atoms with Crippen LogP contribution in [0, 0.1) is 6.92 Å². The van der Waals surface area contributed by atoms with E-state index in [1.165, 1.54) is 10.8 Å². The number of pyridine rings is 1. The molecular weight excluding hydrogens is 422 g/mol. The zero-order valence-corrected chi connectivity index (χ0v) is 18.7. The predicted octanol–water partition coefficient (Wildman–Crippen LogP) is 1.99. The summed E-state index contributed by atoms with van der Waals surface area (Å²) in [5, 5.41) is 17.9. The predicted molar refractivity (Wildman–Crippen MR) is 124 cm³/mol. The second-order valence-corrected chi connectivity index (χ2v) is 8.25. The summed E-state index contributed by atoms with van der Waals surface area (Å²) in [5.74, 6) is 1.37. The van der Waals surface area contributed by atoms with Crippen molar-refractivity contribution in [2.45, 2.75) is 32.2 Å². The third kappa shape index (κ3) is 3.81. The van der Waals surface area contributed by atoms with Gasteiger partial charge in [0.1, 0.15) is 22.9 Å². The van der Waals surface area contributed by atoms with Gasteiger partial charge in [0.15, 0.2) is 11.5 Å². The van der Waals surface area contributed by atoms with E-state index in [2.05, 4.69) is 31.1 Å². The summed E-state index contributed by atoms with van der Waals surface area (Å²) < 4.78 is 4.70. The monoisotopic (exact) mass is 447 g/mol. The summed E-state index contributed by atoms with van der Waals surface area (Å²) in [5.41, 5.74) is 1.75. The highest BCUT2D eigenvalue weighted by atomic mass is 16.2. The first-order chi connectivity index (χ1) is 15.9. The van der Waals surface area contributed by atoms with Gasteiger partial charge < -0.3 is 16.0 Å². The molecule has 1 fully saturated rings. The van der Waals surface area contributed by atoms with E-state index in [9.17, 15) is 9.59 Å². The van der Waals surface area contributed by atoms with Crippen molar-refractivity contribution in [3.63, 3.8) is 0 Å². The molecule has 4 aromatic rings. The lowest BCUT2D eigenvalue weighted by molar-refractivity contribution is 0.0918. The van der Waals surface area contributed by atoms with Gasteiger partial charge in [-0.05, 0) is 37.8 Å². The molecule has 4 heterocycles. The number of anilines is 3. The number of nitrogens with zero attached hydrogens (tertiary/aromatic N) is 6. The van der Waals surface area contributed by atoms with Gasteiger partial charge in [-0.2, -0.15) is 14.7 Å². The number of aromatic nitrogens is 6. The Morgan fingerprint density at radius 3 is 2.73 bits per heavy atom. The van der Waals surface area contributed by atoms with Crippen LogP contribution < -0.4 is 21.5 Å². The SMILES string of the molecule is CNc1cc(Nc2cc(C)cn(-c3ccn(C)n3)c2=O)nc2c(C(=O)NC3CCC3)cnn12. The largest absolute Gasteiger partial charge is 0.373 e. The van der Waals surface area contributed by atoms with E-state index in [0.717, 1.165) is 24.8 Å². The van der Waals surface area contributed by atoms with E-state index in [0.29, 0.717) is 34.4 Å². The van der Waals surface area contributed by atoms with E-state index in [4.69, 9.17) is 0 Å². The average Bonchev–Trinajstić information content (AvgIpc) is 3.38. The summed E-state index contributed by atoms with van der Waals surface area (Å²) in [6.45, 7) is 1.90. The van der Waals surface area contributed by atoms with Gasteiger partial charge in [-0.1, -0.05) is 0 Å². The lowest BCUT2D eigenvalue weighted by atomic mass is 9.93. The van der Waals surface area contributed by atoms with Crippen molar-refractivity contribution < 1.29 is 4.79 Å². The molecule has 0 atom stereocenters. The van der Waals surface area contributed by atoms with Crippen LogP contribution in [0.4, 0.5) is 17.3 Å². The van der Waals surface area contributed by atoms with Crippen LogP contribution in [0.15, 0.2) is 41.6 Å². The highest BCUT2D eigenvalue weighted by Crippen LogP contribution is 2.23. The summed E-state index contributed by atoms with van der Waals surface area (Å²) in [4.78, 5) is 30.6. The van der Waals surface area contributed by atoms with Gasteiger partial charge in [-0.3, -0.25) is 18.8 Å². The molecule has 0 radical (unpaired) electrons. The van der Waals surface area contributed by atoms with Crippen molar-refractivity contribution in [2.75, 3.05) is 17.7 Å². The number of rotatable bonds is 6. The standard InChI is InChI=1S/C22H25N9O2/c1-13-9-16(22(33)30(12-13)18-7-8-29(3)28-18)26-17-10-19(23-2)31-20(27-17)15(11-24-31)21(32)25-14-5-4-6-14/h7-12,14,23H,4-6H2,1-3H3,(H,25,32)(H,26,27). The number of amides is 1. The van der Waals surface area contributed by atoms with Gasteiger partial charge in [0, 0.05) is 44.7 Å². The van der Waals surface area contributed by atoms with Crippen LogP contribution in [0.2, 0.25) is 0 Å². The minimum Gasteiger partial charge on any atom is -0.373 e. The molecule has 11 nitrogen and oxygen atoms in total. The fourth-order valence-corrected chi connectivity index (χ4v) is 3.83. The molecule has 3 N–H and O–H groups in total. The van der Waals surface area contributed by atoms with E-state index in [-0.39, 0.29) is 17.5 Å². The van der Waals surface area contributed by atoms with Crippen LogP contribution in [0.25, 0.3) is 11.5 Å². The fourth-order valence-electron chi connectivity index (χ4n) is 3.83. The summed E-state index contributed by atoms with van der Waals surface area (Å²) in [6.07, 6.45) is 8.14. The highest BCUT2D eigenvalue weighted by molar-refractivity contribution is 6.00. The maximum Gasteiger partial charge on any atom is 0.280 e. The van der Waals surface area contributed by atoms with E-state index in [1.807, 2.05) is 6.92 Å². The van der Waals surface area contributed by atoms with Crippen molar-refractivity contribution in [1.82, 2.24) is 34.3 Å². The topological polar surface area (TPSA) is 123 Å². The molecule has 0 aliphatic heterocycles. The van der Waals surface area contributed by atoms with Gasteiger partial charge in [0.25, 0.3) is 11.5 Å². The molecule has 0 unspecified atom stereocenters. The van der Waals surface area contributed by atoms with Crippen LogP contribution in [0.3, 0.4) is 0 Å². The minimum atomic E-state index is -0.261. The molecule has 1 saturated carbocycles. The Morgan fingerprint density at radius 1 is 1.24 bits per heavy atom. The van der Waals surface area contributed by atoms with Gasteiger partial charge in [-0.15, -0.1) is 0 Å². The summed E-state index contributed by atoms with van der Waals surface area (Å²) in [7, 11) is 3.56. The average molecular weight is 448 g/mol. The zero-order valence-electron chi connectivity index (χ0n) is 18.7. The van der Waals surface area contributed by atoms with Crippen molar-refractivity contribution in [1.29, 1.82) is 0 Å². The van der Waals surface area contributed by atoms with Crippen molar-refractivity contribution >= 4 is 28.9 Å². The number of hydrogen-bond donors (Lipinski definition) is 3. The van der Waals surface area contributed by atoms with Crippen LogP contribution in [0.1, 0.15) is 35.2 Å². The maximum atomic E-state index is 13.2. The van der Waals surface area contributed by atoms with Crippen molar-refractivity contribution in [3.05, 3.63) is 58.3 Å². The molecule has 0 saturated heterocycles. The molecular formula is C22H25N9O2. The number of carbonyl (C=O) groups is 1. The highest BCUT2D eigenvalue weighted by Gasteiger charge is 2.23. The first-order valence-electron chi connectivity index (χ1n) is 10.8. The van der Waals surface area contributed by atoms with Gasteiger partial charge in [0.05, 0.1) is 6.20 Å². The van der Waals surface area contributed by atoms with Crippen LogP contribution >= 0.6 is 0 Å². The molecule has 1 aliphatic rings. The number of fused-ring (bicyclic) bond motifs is 1. The van der Waals surface area contributed by atoms with Gasteiger partial charge in [0.2, 0.25) is 0 Å². The van der Waals surface area contributed by atoms with E-state index >= 15 is 0 Å². The number of aryl methyl sites for hydroxylation is 2. The summed E-state index contributed by atoms with van der Waals surface area (Å²) in [6, 6.07) is 5.47. The Morgan fingerprint density at radius 2 is 2.06 bits per heavy atom. The Balaban J connectivity index is 1.54. The normalized spacial score (nSPS) is 13.7. The van der Waals surface area contributed by atoms with E-state index < -0.39 is 0 Å². The third-order valence-electron chi connectivity index (χ3n) is 5.78. The van der Waals surface area contributed by atoms with E-state index in [1.54, 1.807) is 53.9 Å². The van der Waals surface area contributed by atoms with Crippen molar-refractivity contribution in [3.8, 4) is 5.82 Å². The molecule has 11 heteroatoms. The van der Waals surface area contributed by atoms with Crippen LogP contribution in [-0.2, 0) is 7.05 Å². The Kier molecular flexibility index (Phi) is 5.08. The van der Waals surface area contributed by atoms with Gasteiger partial charge >= 0.3 is 0 Å². The molecule has 33 heavy (non-hydrogen) atoms.